The smallest absolute Gasteiger partial charge is 0.231 e. The molecular formula is C14H12INO3. The molecular weight excluding hydrogens is 357 g/mol. The Labute approximate surface area is 124 Å². The Hall–Kier alpha value is -1.63. The van der Waals surface area contributed by atoms with Crippen molar-refractivity contribution in [1.82, 2.24) is 0 Å². The molecule has 0 atom stereocenters. The fraction of sp³-hybridized carbons (Fsp3) is 0.143. The summed E-state index contributed by atoms with van der Waals surface area (Å²) in [4.78, 5) is 0. The van der Waals surface area contributed by atoms with Gasteiger partial charge in [0.2, 0.25) is 6.79 Å². The first-order valence-electron chi connectivity index (χ1n) is 5.79. The number of nitrogen functional groups attached to an aromatic ring is 1. The molecule has 98 valence electrons. The number of nitrogens with two attached hydrogens (primary N) is 1. The predicted molar refractivity (Wildman–Crippen MR) is 80.5 cm³/mol. The molecule has 5 heteroatoms. The third-order valence-corrected chi connectivity index (χ3v) is 3.63. The largest absolute Gasteiger partial charge is 0.488 e. The van der Waals surface area contributed by atoms with E-state index in [1.54, 1.807) is 0 Å². The number of benzene rings is 2. The Morgan fingerprint density at radius 3 is 2.79 bits per heavy atom. The van der Waals surface area contributed by atoms with Gasteiger partial charge in [0.05, 0.1) is 3.57 Å². The van der Waals surface area contributed by atoms with Crippen molar-refractivity contribution in [2.24, 2.45) is 0 Å². The summed E-state index contributed by atoms with van der Waals surface area (Å²) in [5.41, 5.74) is 7.48. The summed E-state index contributed by atoms with van der Waals surface area (Å²) in [7, 11) is 0. The summed E-state index contributed by atoms with van der Waals surface area (Å²) in [5, 5.41) is 0. The maximum Gasteiger partial charge on any atom is 0.231 e. The van der Waals surface area contributed by atoms with Crippen LogP contribution in [0.2, 0.25) is 0 Å². The monoisotopic (exact) mass is 369 g/mol. The van der Waals surface area contributed by atoms with Crippen LogP contribution < -0.4 is 19.9 Å². The molecule has 0 aromatic heterocycles. The molecule has 1 heterocycles. The lowest BCUT2D eigenvalue weighted by molar-refractivity contribution is 0.174. The van der Waals surface area contributed by atoms with Crippen molar-refractivity contribution >= 4 is 28.3 Å². The zero-order valence-corrected chi connectivity index (χ0v) is 12.2. The Kier molecular flexibility index (Phi) is 3.37. The van der Waals surface area contributed by atoms with E-state index in [-0.39, 0.29) is 6.79 Å². The van der Waals surface area contributed by atoms with Gasteiger partial charge in [0.1, 0.15) is 12.4 Å². The normalized spacial score (nSPS) is 12.5. The van der Waals surface area contributed by atoms with Crippen molar-refractivity contribution in [3.8, 4) is 17.2 Å². The fourth-order valence-electron chi connectivity index (χ4n) is 1.83. The lowest BCUT2D eigenvalue weighted by Gasteiger charge is -2.09. The van der Waals surface area contributed by atoms with Gasteiger partial charge >= 0.3 is 0 Å². The maximum atomic E-state index is 5.78. The highest BCUT2D eigenvalue weighted by Gasteiger charge is 2.13. The van der Waals surface area contributed by atoms with Crippen molar-refractivity contribution in [2.75, 3.05) is 12.5 Å². The minimum Gasteiger partial charge on any atom is -0.488 e. The molecule has 0 saturated heterocycles. The molecule has 2 aromatic carbocycles. The molecule has 1 aliphatic rings. The van der Waals surface area contributed by atoms with Crippen LogP contribution in [0.4, 0.5) is 5.69 Å². The molecule has 2 N–H and O–H groups in total. The van der Waals surface area contributed by atoms with E-state index in [0.29, 0.717) is 6.61 Å². The van der Waals surface area contributed by atoms with Gasteiger partial charge in [-0.25, -0.2) is 0 Å². The minimum absolute atomic E-state index is 0.287. The van der Waals surface area contributed by atoms with Crippen LogP contribution in [0.15, 0.2) is 36.4 Å². The second kappa shape index (κ2) is 5.16. The number of fused-ring (bicyclic) bond motifs is 1. The van der Waals surface area contributed by atoms with Crippen molar-refractivity contribution in [2.45, 2.75) is 6.61 Å². The van der Waals surface area contributed by atoms with Crippen molar-refractivity contribution in [3.63, 3.8) is 0 Å². The lowest BCUT2D eigenvalue weighted by Crippen LogP contribution is -1.98. The summed E-state index contributed by atoms with van der Waals surface area (Å²) in [5.74, 6) is 2.38. The topological polar surface area (TPSA) is 53.7 Å². The molecule has 0 saturated carbocycles. The van der Waals surface area contributed by atoms with Crippen LogP contribution in [-0.2, 0) is 6.61 Å². The first-order chi connectivity index (χ1) is 9.22. The molecule has 0 aliphatic carbocycles. The molecule has 0 fully saturated rings. The number of rotatable bonds is 3. The Morgan fingerprint density at radius 1 is 1.11 bits per heavy atom. The van der Waals surface area contributed by atoms with E-state index >= 15 is 0 Å². The van der Waals surface area contributed by atoms with E-state index in [0.717, 1.165) is 32.1 Å². The zero-order valence-electron chi connectivity index (χ0n) is 10.1. The Balaban J connectivity index is 1.72. The van der Waals surface area contributed by atoms with Crippen LogP contribution in [0.25, 0.3) is 0 Å². The Morgan fingerprint density at radius 2 is 1.95 bits per heavy atom. The first kappa shape index (κ1) is 12.4. The van der Waals surface area contributed by atoms with Crippen LogP contribution in [0.1, 0.15) is 5.56 Å². The van der Waals surface area contributed by atoms with E-state index in [2.05, 4.69) is 22.6 Å². The van der Waals surface area contributed by atoms with E-state index in [1.165, 1.54) is 0 Å². The summed E-state index contributed by atoms with van der Waals surface area (Å²) in [6.07, 6.45) is 0. The minimum atomic E-state index is 0.287. The van der Waals surface area contributed by atoms with Crippen LogP contribution in [0.3, 0.4) is 0 Å². The summed E-state index contributed by atoms with van der Waals surface area (Å²) >= 11 is 2.21. The zero-order chi connectivity index (χ0) is 13.2. The molecule has 0 unspecified atom stereocenters. The maximum absolute atomic E-state index is 5.78. The summed E-state index contributed by atoms with van der Waals surface area (Å²) in [6.45, 7) is 0.770. The van der Waals surface area contributed by atoms with E-state index in [9.17, 15) is 0 Å². The van der Waals surface area contributed by atoms with Gasteiger partial charge in [0.25, 0.3) is 0 Å². The quantitative estimate of drug-likeness (QED) is 0.667. The SMILES string of the molecule is Nc1ccc(OCc2ccc3c(c2)OCO3)c(I)c1. The van der Waals surface area contributed by atoms with Gasteiger partial charge in [0.15, 0.2) is 11.5 Å². The summed E-state index contributed by atoms with van der Waals surface area (Å²) < 4.78 is 17.4. The highest BCUT2D eigenvalue weighted by Crippen LogP contribution is 2.33. The van der Waals surface area contributed by atoms with Gasteiger partial charge < -0.3 is 19.9 Å². The third kappa shape index (κ3) is 2.70. The van der Waals surface area contributed by atoms with Crippen LogP contribution in [0.5, 0.6) is 17.2 Å². The van der Waals surface area contributed by atoms with Gasteiger partial charge in [-0.05, 0) is 58.5 Å². The van der Waals surface area contributed by atoms with Gasteiger partial charge in [-0.1, -0.05) is 6.07 Å². The van der Waals surface area contributed by atoms with Crippen LogP contribution in [-0.4, -0.2) is 6.79 Å². The fourth-order valence-corrected chi connectivity index (χ4v) is 2.52. The molecule has 0 spiro atoms. The van der Waals surface area contributed by atoms with E-state index < -0.39 is 0 Å². The number of hydrogen-bond donors (Lipinski definition) is 1. The first-order valence-corrected chi connectivity index (χ1v) is 6.86. The van der Waals surface area contributed by atoms with Gasteiger partial charge in [-0.2, -0.15) is 0 Å². The molecule has 19 heavy (non-hydrogen) atoms. The third-order valence-electron chi connectivity index (χ3n) is 2.79. The highest BCUT2D eigenvalue weighted by atomic mass is 127. The molecule has 1 aliphatic heterocycles. The second-order valence-corrected chi connectivity index (χ2v) is 5.33. The van der Waals surface area contributed by atoms with Crippen LogP contribution >= 0.6 is 22.6 Å². The van der Waals surface area contributed by atoms with Crippen LogP contribution in [0, 0.1) is 3.57 Å². The predicted octanol–water partition coefficient (Wildman–Crippen LogP) is 3.18. The Bertz CT molecular complexity index is 616. The molecule has 4 nitrogen and oxygen atoms in total. The molecule has 2 aromatic rings. The van der Waals surface area contributed by atoms with Crippen molar-refractivity contribution in [1.29, 1.82) is 0 Å². The summed E-state index contributed by atoms with van der Waals surface area (Å²) in [6, 6.07) is 11.4. The van der Waals surface area contributed by atoms with Gasteiger partial charge in [-0.15, -0.1) is 0 Å². The number of hydrogen-bond acceptors (Lipinski definition) is 4. The number of halogens is 1. The molecule has 0 radical (unpaired) electrons. The average molecular weight is 369 g/mol. The molecule has 3 rings (SSSR count). The number of anilines is 1. The van der Waals surface area contributed by atoms with Gasteiger partial charge in [-0.3, -0.25) is 0 Å². The van der Waals surface area contributed by atoms with Gasteiger partial charge in [0, 0.05) is 5.69 Å². The second-order valence-electron chi connectivity index (χ2n) is 4.17. The average Bonchev–Trinajstić information content (AvgIpc) is 2.85. The highest BCUT2D eigenvalue weighted by molar-refractivity contribution is 14.1. The van der Waals surface area contributed by atoms with E-state index in [1.807, 2.05) is 36.4 Å². The van der Waals surface area contributed by atoms with E-state index in [4.69, 9.17) is 19.9 Å². The molecule has 0 amide bonds. The molecule has 0 bridgehead atoms. The number of ether oxygens (including phenoxy) is 3. The lowest BCUT2D eigenvalue weighted by atomic mass is 10.2. The van der Waals surface area contributed by atoms with Crippen molar-refractivity contribution < 1.29 is 14.2 Å². The van der Waals surface area contributed by atoms with Crippen molar-refractivity contribution in [3.05, 3.63) is 45.5 Å². The standard InChI is InChI=1S/C14H12INO3/c15-11-6-10(16)2-4-12(11)17-7-9-1-3-13-14(5-9)19-8-18-13/h1-6H,7-8,16H2.